The molecule has 0 bridgehead atoms. The van der Waals surface area contributed by atoms with Gasteiger partial charge in [0.2, 0.25) is 0 Å². The molecule has 2 N–H and O–H groups in total. The van der Waals surface area contributed by atoms with E-state index in [1.165, 1.54) is 0 Å². The average Bonchev–Trinajstić information content (AvgIpc) is 2.15. The zero-order valence-electron chi connectivity index (χ0n) is 8.99. The SMILES string of the molecule is CN(C)CC(C(=O)O)C1CCNCC1. The molecular formula is C10H20N2O2. The fourth-order valence-electron chi connectivity index (χ4n) is 2.07. The van der Waals surface area contributed by atoms with Gasteiger partial charge in [-0.15, -0.1) is 0 Å². The number of nitrogens with zero attached hydrogens (tertiary/aromatic N) is 1. The van der Waals surface area contributed by atoms with Gasteiger partial charge in [0.15, 0.2) is 0 Å². The van der Waals surface area contributed by atoms with Crippen LogP contribution in [0.4, 0.5) is 0 Å². The molecule has 0 amide bonds. The van der Waals surface area contributed by atoms with Gasteiger partial charge in [0.1, 0.15) is 0 Å². The van der Waals surface area contributed by atoms with E-state index in [9.17, 15) is 4.79 Å². The topological polar surface area (TPSA) is 52.6 Å². The monoisotopic (exact) mass is 200 g/mol. The van der Waals surface area contributed by atoms with Crippen LogP contribution in [0.5, 0.6) is 0 Å². The lowest BCUT2D eigenvalue weighted by Gasteiger charge is -2.29. The zero-order chi connectivity index (χ0) is 10.6. The molecule has 14 heavy (non-hydrogen) atoms. The van der Waals surface area contributed by atoms with Crippen LogP contribution in [0.1, 0.15) is 12.8 Å². The van der Waals surface area contributed by atoms with Gasteiger partial charge in [-0.25, -0.2) is 0 Å². The van der Waals surface area contributed by atoms with Crippen molar-refractivity contribution < 1.29 is 9.90 Å². The van der Waals surface area contributed by atoms with Gasteiger partial charge in [-0.3, -0.25) is 4.79 Å². The van der Waals surface area contributed by atoms with Crippen molar-refractivity contribution in [2.75, 3.05) is 33.7 Å². The first kappa shape index (κ1) is 11.5. The van der Waals surface area contributed by atoms with Crippen molar-refractivity contribution in [1.82, 2.24) is 10.2 Å². The second-order valence-electron chi connectivity index (χ2n) is 4.29. The molecule has 1 atom stereocenters. The van der Waals surface area contributed by atoms with Crippen LogP contribution >= 0.6 is 0 Å². The highest BCUT2D eigenvalue weighted by atomic mass is 16.4. The van der Waals surface area contributed by atoms with E-state index in [0.717, 1.165) is 25.9 Å². The molecular weight excluding hydrogens is 180 g/mol. The Bertz CT molecular complexity index is 189. The summed E-state index contributed by atoms with van der Waals surface area (Å²) in [5.74, 6) is -0.506. The maximum Gasteiger partial charge on any atom is 0.308 e. The summed E-state index contributed by atoms with van der Waals surface area (Å²) < 4.78 is 0. The van der Waals surface area contributed by atoms with Gasteiger partial charge >= 0.3 is 5.97 Å². The van der Waals surface area contributed by atoms with Gasteiger partial charge in [0.05, 0.1) is 5.92 Å². The summed E-state index contributed by atoms with van der Waals surface area (Å²) in [4.78, 5) is 13.0. The maximum atomic E-state index is 11.1. The summed E-state index contributed by atoms with van der Waals surface area (Å²) in [6.07, 6.45) is 1.98. The largest absolute Gasteiger partial charge is 0.481 e. The highest BCUT2D eigenvalue weighted by Crippen LogP contribution is 2.22. The van der Waals surface area contributed by atoms with E-state index in [1.54, 1.807) is 0 Å². The Morgan fingerprint density at radius 3 is 2.50 bits per heavy atom. The Morgan fingerprint density at radius 2 is 2.07 bits per heavy atom. The Balaban J connectivity index is 2.51. The van der Waals surface area contributed by atoms with E-state index in [0.29, 0.717) is 12.5 Å². The Labute approximate surface area is 85.3 Å². The molecule has 1 aliphatic heterocycles. The van der Waals surface area contributed by atoms with Crippen molar-refractivity contribution >= 4 is 5.97 Å². The van der Waals surface area contributed by atoms with Crippen molar-refractivity contribution in [2.45, 2.75) is 12.8 Å². The summed E-state index contributed by atoms with van der Waals surface area (Å²) in [7, 11) is 3.86. The van der Waals surface area contributed by atoms with Gasteiger partial charge in [-0.05, 0) is 45.9 Å². The molecule has 0 radical (unpaired) electrons. The smallest absolute Gasteiger partial charge is 0.308 e. The first-order valence-corrected chi connectivity index (χ1v) is 5.19. The predicted molar refractivity (Wildman–Crippen MR) is 55.3 cm³/mol. The van der Waals surface area contributed by atoms with E-state index < -0.39 is 5.97 Å². The molecule has 0 aliphatic carbocycles. The highest BCUT2D eigenvalue weighted by Gasteiger charge is 2.29. The third-order valence-electron chi connectivity index (χ3n) is 2.83. The number of carbonyl (C=O) groups is 1. The molecule has 0 spiro atoms. The fraction of sp³-hybridized carbons (Fsp3) is 0.900. The molecule has 4 nitrogen and oxygen atoms in total. The standard InChI is InChI=1S/C10H20N2O2/c1-12(2)7-9(10(13)14)8-3-5-11-6-4-8/h8-9,11H,3-7H2,1-2H3,(H,13,14). The molecule has 0 aromatic carbocycles. The number of nitrogens with one attached hydrogen (secondary N) is 1. The number of carboxylic acid groups (broad SMARTS) is 1. The maximum absolute atomic E-state index is 11.1. The molecule has 1 fully saturated rings. The van der Waals surface area contributed by atoms with Gasteiger partial charge in [0, 0.05) is 6.54 Å². The molecule has 1 heterocycles. The number of hydrogen-bond donors (Lipinski definition) is 2. The number of rotatable bonds is 4. The first-order chi connectivity index (χ1) is 6.61. The third kappa shape index (κ3) is 3.27. The van der Waals surface area contributed by atoms with Crippen LogP contribution in [0, 0.1) is 11.8 Å². The van der Waals surface area contributed by atoms with E-state index in [2.05, 4.69) is 5.32 Å². The van der Waals surface area contributed by atoms with Gasteiger partial charge in [0.25, 0.3) is 0 Å². The third-order valence-corrected chi connectivity index (χ3v) is 2.83. The number of piperidine rings is 1. The predicted octanol–water partition coefficient (Wildman–Crippen LogP) is 0.248. The molecule has 82 valence electrons. The van der Waals surface area contributed by atoms with Gasteiger partial charge in [-0.1, -0.05) is 0 Å². The average molecular weight is 200 g/mol. The number of hydrogen-bond acceptors (Lipinski definition) is 3. The Morgan fingerprint density at radius 1 is 1.50 bits per heavy atom. The van der Waals surface area contributed by atoms with E-state index in [-0.39, 0.29) is 5.92 Å². The van der Waals surface area contributed by atoms with Crippen LogP contribution in [0.25, 0.3) is 0 Å². The summed E-state index contributed by atoms with van der Waals surface area (Å²) in [5.41, 5.74) is 0. The van der Waals surface area contributed by atoms with Crippen LogP contribution in [-0.2, 0) is 4.79 Å². The van der Waals surface area contributed by atoms with Crippen molar-refractivity contribution in [1.29, 1.82) is 0 Å². The van der Waals surface area contributed by atoms with E-state index in [1.807, 2.05) is 19.0 Å². The summed E-state index contributed by atoms with van der Waals surface area (Å²) >= 11 is 0. The molecule has 1 rings (SSSR count). The zero-order valence-corrected chi connectivity index (χ0v) is 8.99. The molecule has 4 heteroatoms. The minimum atomic E-state index is -0.648. The van der Waals surface area contributed by atoms with Crippen LogP contribution in [0.15, 0.2) is 0 Å². The summed E-state index contributed by atoms with van der Waals surface area (Å²) in [5, 5.41) is 12.4. The summed E-state index contributed by atoms with van der Waals surface area (Å²) in [6, 6.07) is 0. The van der Waals surface area contributed by atoms with E-state index >= 15 is 0 Å². The van der Waals surface area contributed by atoms with Crippen LogP contribution in [0.2, 0.25) is 0 Å². The fourth-order valence-corrected chi connectivity index (χ4v) is 2.07. The quantitative estimate of drug-likeness (QED) is 0.683. The van der Waals surface area contributed by atoms with Crippen LogP contribution in [-0.4, -0.2) is 49.7 Å². The Hall–Kier alpha value is -0.610. The lowest BCUT2D eigenvalue weighted by molar-refractivity contribution is -0.144. The second-order valence-corrected chi connectivity index (χ2v) is 4.29. The molecule has 0 aromatic rings. The Kier molecular flexibility index (Phi) is 4.35. The van der Waals surface area contributed by atoms with Crippen molar-refractivity contribution in [3.63, 3.8) is 0 Å². The normalized spacial score (nSPS) is 21.1. The lowest BCUT2D eigenvalue weighted by Crippen LogP contribution is -2.39. The first-order valence-electron chi connectivity index (χ1n) is 5.19. The van der Waals surface area contributed by atoms with Crippen LogP contribution < -0.4 is 5.32 Å². The van der Waals surface area contributed by atoms with Crippen molar-refractivity contribution in [3.05, 3.63) is 0 Å². The molecule has 1 saturated heterocycles. The molecule has 0 saturated carbocycles. The van der Waals surface area contributed by atoms with E-state index in [4.69, 9.17) is 5.11 Å². The molecule has 1 aliphatic rings. The minimum Gasteiger partial charge on any atom is -0.481 e. The van der Waals surface area contributed by atoms with Crippen molar-refractivity contribution in [2.24, 2.45) is 11.8 Å². The van der Waals surface area contributed by atoms with Crippen molar-refractivity contribution in [3.8, 4) is 0 Å². The van der Waals surface area contributed by atoms with Gasteiger partial charge in [-0.2, -0.15) is 0 Å². The lowest BCUT2D eigenvalue weighted by atomic mass is 9.84. The summed E-state index contributed by atoms with van der Waals surface area (Å²) in [6.45, 7) is 2.57. The number of aliphatic carboxylic acids is 1. The highest BCUT2D eigenvalue weighted by molar-refractivity contribution is 5.70. The number of carboxylic acids is 1. The van der Waals surface area contributed by atoms with Crippen LogP contribution in [0.3, 0.4) is 0 Å². The molecule has 1 unspecified atom stereocenters. The minimum absolute atomic E-state index is 0.202. The van der Waals surface area contributed by atoms with Gasteiger partial charge < -0.3 is 15.3 Å². The molecule has 0 aromatic heterocycles. The second kappa shape index (κ2) is 5.32.